The van der Waals surface area contributed by atoms with Crippen molar-refractivity contribution in [2.45, 2.75) is 6.92 Å². The summed E-state index contributed by atoms with van der Waals surface area (Å²) in [5.74, 6) is -2.65. The Bertz CT molecular complexity index is 621. The van der Waals surface area contributed by atoms with E-state index in [0.717, 1.165) is 12.1 Å². The maximum Gasteiger partial charge on any atom is 0.262 e. The first-order valence-electron chi connectivity index (χ1n) is 5.54. The zero-order chi connectivity index (χ0) is 14.0. The molecule has 5 heteroatoms. The maximum atomic E-state index is 13.5. The average molecular weight is 263 g/mol. The Kier molecular flexibility index (Phi) is 3.46. The lowest BCUT2D eigenvalue weighted by Crippen LogP contribution is -2.15. The number of carbonyl (C=O) groups excluding carboxylic acids is 1. The smallest absolute Gasteiger partial charge is 0.262 e. The third-order valence-corrected chi connectivity index (χ3v) is 2.67. The number of aromatic hydroxyl groups is 1. The maximum absolute atomic E-state index is 13.5. The summed E-state index contributed by atoms with van der Waals surface area (Å²) < 4.78 is 26.6. The van der Waals surface area contributed by atoms with Crippen LogP contribution < -0.4 is 5.32 Å². The molecule has 0 fully saturated rings. The first-order valence-corrected chi connectivity index (χ1v) is 5.54. The summed E-state index contributed by atoms with van der Waals surface area (Å²) >= 11 is 0. The van der Waals surface area contributed by atoms with E-state index in [1.54, 1.807) is 6.92 Å². The summed E-state index contributed by atoms with van der Waals surface area (Å²) in [5, 5.41) is 11.9. The minimum atomic E-state index is -0.841. The fourth-order valence-electron chi connectivity index (χ4n) is 1.65. The Morgan fingerprint density at radius 1 is 1.21 bits per heavy atom. The standard InChI is InChI=1S/C14H11F2NO2/c1-8-5-6-9(15)7-11(8)17-14(19)13-10(16)3-2-4-12(13)18/h2-7,18H,1H3,(H,17,19). The SMILES string of the molecule is Cc1ccc(F)cc1NC(=O)c1c(O)cccc1F. The van der Waals surface area contributed by atoms with Crippen molar-refractivity contribution in [3.63, 3.8) is 0 Å². The Balaban J connectivity index is 2.34. The van der Waals surface area contributed by atoms with Gasteiger partial charge in [0.15, 0.2) is 0 Å². The van der Waals surface area contributed by atoms with Crippen LogP contribution in [0.15, 0.2) is 36.4 Å². The van der Waals surface area contributed by atoms with Crippen molar-refractivity contribution in [1.82, 2.24) is 0 Å². The molecule has 98 valence electrons. The topological polar surface area (TPSA) is 49.3 Å². The quantitative estimate of drug-likeness (QED) is 0.873. The van der Waals surface area contributed by atoms with E-state index in [-0.39, 0.29) is 5.69 Å². The summed E-state index contributed by atoms with van der Waals surface area (Å²) in [6.07, 6.45) is 0. The van der Waals surface area contributed by atoms with E-state index < -0.39 is 28.9 Å². The minimum absolute atomic E-state index is 0.229. The van der Waals surface area contributed by atoms with Crippen LogP contribution >= 0.6 is 0 Å². The fourth-order valence-corrected chi connectivity index (χ4v) is 1.65. The van der Waals surface area contributed by atoms with Crippen LogP contribution in [0.1, 0.15) is 15.9 Å². The third kappa shape index (κ3) is 2.70. The highest BCUT2D eigenvalue weighted by atomic mass is 19.1. The highest BCUT2D eigenvalue weighted by molar-refractivity contribution is 6.06. The van der Waals surface area contributed by atoms with Crippen molar-refractivity contribution in [3.8, 4) is 5.75 Å². The van der Waals surface area contributed by atoms with Crippen molar-refractivity contribution < 1.29 is 18.7 Å². The number of hydrogen-bond acceptors (Lipinski definition) is 2. The van der Waals surface area contributed by atoms with Gasteiger partial charge in [-0.1, -0.05) is 12.1 Å². The molecule has 2 aromatic rings. The van der Waals surface area contributed by atoms with E-state index in [4.69, 9.17) is 0 Å². The van der Waals surface area contributed by atoms with Crippen LogP contribution in [0.5, 0.6) is 5.75 Å². The Hall–Kier alpha value is -2.43. The first kappa shape index (κ1) is 13.0. The molecule has 0 saturated carbocycles. The molecule has 3 nitrogen and oxygen atoms in total. The number of amides is 1. The van der Waals surface area contributed by atoms with Gasteiger partial charge in [0.1, 0.15) is 22.9 Å². The summed E-state index contributed by atoms with van der Waals surface area (Å²) in [6, 6.07) is 7.43. The van der Waals surface area contributed by atoms with Crippen molar-refractivity contribution in [2.75, 3.05) is 5.32 Å². The van der Waals surface area contributed by atoms with Crippen LogP contribution in [0.4, 0.5) is 14.5 Å². The van der Waals surface area contributed by atoms with E-state index in [9.17, 15) is 18.7 Å². The number of anilines is 1. The number of hydrogen-bond donors (Lipinski definition) is 2. The summed E-state index contributed by atoms with van der Waals surface area (Å²) in [4.78, 5) is 11.9. The van der Waals surface area contributed by atoms with Gasteiger partial charge < -0.3 is 10.4 Å². The number of aryl methyl sites for hydroxylation is 1. The molecular weight excluding hydrogens is 252 g/mol. The lowest BCUT2D eigenvalue weighted by atomic mass is 10.1. The third-order valence-electron chi connectivity index (χ3n) is 2.67. The van der Waals surface area contributed by atoms with Crippen LogP contribution in [0.25, 0.3) is 0 Å². The molecule has 0 aliphatic heterocycles. The molecule has 0 spiro atoms. The van der Waals surface area contributed by atoms with Gasteiger partial charge >= 0.3 is 0 Å². The molecule has 0 saturated heterocycles. The molecule has 19 heavy (non-hydrogen) atoms. The van der Waals surface area contributed by atoms with E-state index in [1.165, 1.54) is 24.3 Å². The first-order chi connectivity index (χ1) is 8.99. The predicted molar refractivity (Wildman–Crippen MR) is 67.2 cm³/mol. The number of carbonyl (C=O) groups is 1. The molecule has 0 aromatic heterocycles. The zero-order valence-electron chi connectivity index (χ0n) is 10.1. The van der Waals surface area contributed by atoms with Crippen molar-refractivity contribution >= 4 is 11.6 Å². The van der Waals surface area contributed by atoms with Crippen LogP contribution in [-0.4, -0.2) is 11.0 Å². The molecule has 0 heterocycles. The molecule has 2 rings (SSSR count). The van der Waals surface area contributed by atoms with E-state index in [2.05, 4.69) is 5.32 Å². The molecular formula is C14H11F2NO2. The van der Waals surface area contributed by atoms with Gasteiger partial charge in [0.25, 0.3) is 5.91 Å². The van der Waals surface area contributed by atoms with E-state index in [1.807, 2.05) is 0 Å². The van der Waals surface area contributed by atoms with Crippen molar-refractivity contribution in [2.24, 2.45) is 0 Å². The average Bonchev–Trinajstić information content (AvgIpc) is 2.33. The zero-order valence-corrected chi connectivity index (χ0v) is 10.1. The summed E-state index contributed by atoms with van der Waals surface area (Å²) in [6.45, 7) is 1.68. The summed E-state index contributed by atoms with van der Waals surface area (Å²) in [5.41, 5.74) is 0.393. The molecule has 0 unspecified atom stereocenters. The van der Waals surface area contributed by atoms with Crippen LogP contribution in [0.3, 0.4) is 0 Å². The number of nitrogens with one attached hydrogen (secondary N) is 1. The number of phenols is 1. The number of rotatable bonds is 2. The van der Waals surface area contributed by atoms with Gasteiger partial charge in [-0.15, -0.1) is 0 Å². The summed E-state index contributed by atoms with van der Waals surface area (Å²) in [7, 11) is 0. The van der Waals surface area contributed by atoms with Gasteiger partial charge in [0.2, 0.25) is 0 Å². The minimum Gasteiger partial charge on any atom is -0.507 e. The van der Waals surface area contributed by atoms with Crippen LogP contribution in [0, 0.1) is 18.6 Å². The number of benzene rings is 2. The van der Waals surface area contributed by atoms with Gasteiger partial charge in [-0.2, -0.15) is 0 Å². The molecule has 0 radical (unpaired) electrons. The van der Waals surface area contributed by atoms with Gasteiger partial charge in [0, 0.05) is 5.69 Å². The van der Waals surface area contributed by atoms with Gasteiger partial charge in [0.05, 0.1) is 0 Å². The monoisotopic (exact) mass is 263 g/mol. The highest BCUT2D eigenvalue weighted by Gasteiger charge is 2.17. The molecule has 2 aromatic carbocycles. The van der Waals surface area contributed by atoms with Crippen LogP contribution in [-0.2, 0) is 0 Å². The Labute approximate surface area is 108 Å². The van der Waals surface area contributed by atoms with Gasteiger partial charge in [-0.3, -0.25) is 4.79 Å². The van der Waals surface area contributed by atoms with Crippen LogP contribution in [0.2, 0.25) is 0 Å². The lowest BCUT2D eigenvalue weighted by Gasteiger charge is -2.10. The van der Waals surface area contributed by atoms with Gasteiger partial charge in [-0.25, -0.2) is 8.78 Å². The molecule has 0 aliphatic rings. The second-order valence-corrected chi connectivity index (χ2v) is 4.05. The van der Waals surface area contributed by atoms with Crippen molar-refractivity contribution in [1.29, 1.82) is 0 Å². The molecule has 0 atom stereocenters. The Morgan fingerprint density at radius 3 is 2.63 bits per heavy atom. The number of halogens is 2. The molecule has 2 N–H and O–H groups in total. The molecule has 0 aliphatic carbocycles. The second-order valence-electron chi connectivity index (χ2n) is 4.05. The largest absolute Gasteiger partial charge is 0.507 e. The normalized spacial score (nSPS) is 10.3. The molecule has 0 bridgehead atoms. The lowest BCUT2D eigenvalue weighted by molar-refractivity contribution is 0.102. The van der Waals surface area contributed by atoms with Gasteiger partial charge in [-0.05, 0) is 36.8 Å². The van der Waals surface area contributed by atoms with E-state index >= 15 is 0 Å². The van der Waals surface area contributed by atoms with Crippen molar-refractivity contribution in [3.05, 3.63) is 59.2 Å². The molecule has 1 amide bonds. The van der Waals surface area contributed by atoms with E-state index in [0.29, 0.717) is 5.56 Å². The second kappa shape index (κ2) is 5.06. The Morgan fingerprint density at radius 2 is 1.95 bits per heavy atom. The predicted octanol–water partition coefficient (Wildman–Crippen LogP) is 3.23. The number of phenolic OH excluding ortho intramolecular Hbond substituents is 1. The fraction of sp³-hybridized carbons (Fsp3) is 0.0714. The highest BCUT2D eigenvalue weighted by Crippen LogP contribution is 2.23.